The molecule has 0 bridgehead atoms. The molecule has 0 unspecified atom stereocenters. The van der Waals surface area contributed by atoms with E-state index in [1.54, 1.807) is 12.1 Å². The van der Waals surface area contributed by atoms with Crippen molar-refractivity contribution in [2.24, 2.45) is 0 Å². The molecule has 0 amide bonds. The number of nitrogens with one attached hydrogen (secondary N) is 1. The number of anilines is 2. The van der Waals surface area contributed by atoms with Gasteiger partial charge < -0.3 is 10.4 Å². The van der Waals surface area contributed by atoms with E-state index in [1.807, 2.05) is 24.3 Å². The number of phenols is 1. The van der Waals surface area contributed by atoms with Crippen LogP contribution in [0.1, 0.15) is 26.3 Å². The van der Waals surface area contributed by atoms with Crippen molar-refractivity contribution >= 4 is 22.4 Å². The first kappa shape index (κ1) is 14.4. The largest absolute Gasteiger partial charge is 0.507 e. The minimum absolute atomic E-state index is 0.111. The van der Waals surface area contributed by atoms with Crippen LogP contribution in [0, 0.1) is 0 Å². The lowest BCUT2D eigenvalue weighted by atomic mass is 9.87. The Bertz CT molecular complexity index is 819. The molecule has 0 atom stereocenters. The van der Waals surface area contributed by atoms with Gasteiger partial charge >= 0.3 is 0 Å². The molecule has 3 heteroatoms. The lowest BCUT2D eigenvalue weighted by Crippen LogP contribution is -2.11. The van der Waals surface area contributed by atoms with Gasteiger partial charge in [-0.15, -0.1) is 0 Å². The third-order valence-electron chi connectivity index (χ3n) is 3.71. The SMILES string of the molecule is CC(C)(C)c1cccc(Nc2ccc3c(O)cccc3n2)c1. The van der Waals surface area contributed by atoms with E-state index in [2.05, 4.69) is 49.3 Å². The van der Waals surface area contributed by atoms with Gasteiger partial charge in [0.2, 0.25) is 0 Å². The van der Waals surface area contributed by atoms with Gasteiger partial charge in [-0.25, -0.2) is 4.98 Å². The molecule has 2 aromatic carbocycles. The Morgan fingerprint density at radius 1 is 0.955 bits per heavy atom. The van der Waals surface area contributed by atoms with E-state index in [4.69, 9.17) is 0 Å². The Hall–Kier alpha value is -2.55. The van der Waals surface area contributed by atoms with Gasteiger partial charge in [0.05, 0.1) is 5.52 Å². The average Bonchev–Trinajstić information content (AvgIpc) is 2.47. The lowest BCUT2D eigenvalue weighted by molar-refractivity contribution is 0.481. The van der Waals surface area contributed by atoms with E-state index in [1.165, 1.54) is 5.56 Å². The lowest BCUT2D eigenvalue weighted by Gasteiger charge is -2.20. The molecule has 0 radical (unpaired) electrons. The van der Waals surface area contributed by atoms with Crippen molar-refractivity contribution in [3.05, 3.63) is 60.2 Å². The van der Waals surface area contributed by atoms with Crippen LogP contribution in [-0.4, -0.2) is 10.1 Å². The van der Waals surface area contributed by atoms with Crippen LogP contribution in [0.25, 0.3) is 10.9 Å². The summed E-state index contributed by atoms with van der Waals surface area (Å²) in [5.74, 6) is 1.02. The third kappa shape index (κ3) is 2.89. The summed E-state index contributed by atoms with van der Waals surface area (Å²) in [4.78, 5) is 4.55. The van der Waals surface area contributed by atoms with Gasteiger partial charge in [-0.05, 0) is 47.4 Å². The monoisotopic (exact) mass is 292 g/mol. The van der Waals surface area contributed by atoms with E-state index in [0.717, 1.165) is 22.4 Å². The summed E-state index contributed by atoms with van der Waals surface area (Å²) in [6, 6.07) is 17.5. The molecule has 3 nitrogen and oxygen atoms in total. The molecule has 1 heterocycles. The number of aromatic nitrogens is 1. The van der Waals surface area contributed by atoms with Gasteiger partial charge in [-0.2, -0.15) is 0 Å². The fourth-order valence-electron chi connectivity index (χ4n) is 2.42. The normalized spacial score (nSPS) is 11.6. The van der Waals surface area contributed by atoms with E-state index >= 15 is 0 Å². The van der Waals surface area contributed by atoms with Gasteiger partial charge in [0.25, 0.3) is 0 Å². The summed E-state index contributed by atoms with van der Waals surface area (Å²) in [7, 11) is 0. The highest BCUT2D eigenvalue weighted by Gasteiger charge is 2.13. The highest BCUT2D eigenvalue weighted by Crippen LogP contribution is 2.28. The van der Waals surface area contributed by atoms with Crippen molar-refractivity contribution in [3.8, 4) is 5.75 Å². The molecule has 0 saturated carbocycles. The molecule has 0 aliphatic carbocycles. The Morgan fingerprint density at radius 3 is 2.50 bits per heavy atom. The van der Waals surface area contributed by atoms with Crippen LogP contribution < -0.4 is 5.32 Å². The maximum atomic E-state index is 9.82. The highest BCUT2D eigenvalue weighted by molar-refractivity contribution is 5.86. The summed E-state index contributed by atoms with van der Waals surface area (Å²) in [5, 5.41) is 13.9. The number of pyridine rings is 1. The van der Waals surface area contributed by atoms with Gasteiger partial charge in [0.15, 0.2) is 0 Å². The second-order valence-electron chi connectivity index (χ2n) is 6.50. The quantitative estimate of drug-likeness (QED) is 0.700. The van der Waals surface area contributed by atoms with Crippen LogP contribution in [0.2, 0.25) is 0 Å². The number of nitrogens with zero attached hydrogens (tertiary/aromatic N) is 1. The molecule has 0 fully saturated rings. The molecule has 0 saturated heterocycles. The van der Waals surface area contributed by atoms with Crippen molar-refractivity contribution in [2.45, 2.75) is 26.2 Å². The minimum Gasteiger partial charge on any atom is -0.507 e. The van der Waals surface area contributed by atoms with Gasteiger partial charge in [-0.3, -0.25) is 0 Å². The zero-order valence-electron chi connectivity index (χ0n) is 13.1. The first-order valence-corrected chi connectivity index (χ1v) is 7.40. The van der Waals surface area contributed by atoms with E-state index in [-0.39, 0.29) is 11.2 Å². The zero-order valence-corrected chi connectivity index (χ0v) is 13.1. The highest BCUT2D eigenvalue weighted by atomic mass is 16.3. The van der Waals surface area contributed by atoms with Crippen LogP contribution in [0.3, 0.4) is 0 Å². The molecule has 0 spiro atoms. The molecule has 0 aliphatic rings. The maximum Gasteiger partial charge on any atom is 0.131 e. The van der Waals surface area contributed by atoms with Gasteiger partial charge in [0, 0.05) is 11.1 Å². The average molecular weight is 292 g/mol. The first-order chi connectivity index (χ1) is 10.4. The van der Waals surface area contributed by atoms with Crippen molar-refractivity contribution in [2.75, 3.05) is 5.32 Å². The number of benzene rings is 2. The van der Waals surface area contributed by atoms with E-state index in [0.29, 0.717) is 0 Å². The molecular formula is C19H20N2O. The standard InChI is InChI=1S/C19H20N2O/c1-19(2,3)13-6-4-7-14(12-13)20-18-11-10-15-16(21-18)8-5-9-17(15)22/h4-12,22H,1-3H3,(H,20,21). The number of phenolic OH excluding ortho intramolecular Hbond substituents is 1. The summed E-state index contributed by atoms with van der Waals surface area (Å²) >= 11 is 0. The molecule has 1 aromatic heterocycles. The Balaban J connectivity index is 1.93. The molecule has 3 aromatic rings. The second-order valence-corrected chi connectivity index (χ2v) is 6.50. The van der Waals surface area contributed by atoms with E-state index in [9.17, 15) is 5.11 Å². The first-order valence-electron chi connectivity index (χ1n) is 7.40. The number of fused-ring (bicyclic) bond motifs is 1. The third-order valence-corrected chi connectivity index (χ3v) is 3.71. The Labute approximate surface area is 130 Å². The topological polar surface area (TPSA) is 45.1 Å². The summed E-state index contributed by atoms with van der Waals surface area (Å²) in [6.07, 6.45) is 0. The van der Waals surface area contributed by atoms with Crippen LogP contribution >= 0.6 is 0 Å². The van der Waals surface area contributed by atoms with Crippen molar-refractivity contribution in [1.82, 2.24) is 4.98 Å². The summed E-state index contributed by atoms with van der Waals surface area (Å²) in [5.41, 5.74) is 3.17. The molecule has 0 aliphatic heterocycles. The van der Waals surface area contributed by atoms with Gasteiger partial charge in [0.1, 0.15) is 11.6 Å². The predicted molar refractivity (Wildman–Crippen MR) is 91.8 cm³/mol. The van der Waals surface area contributed by atoms with Crippen LogP contribution in [0.15, 0.2) is 54.6 Å². The van der Waals surface area contributed by atoms with Crippen LogP contribution in [0.5, 0.6) is 5.75 Å². The fourth-order valence-corrected chi connectivity index (χ4v) is 2.42. The minimum atomic E-state index is 0.111. The number of rotatable bonds is 2. The van der Waals surface area contributed by atoms with Crippen molar-refractivity contribution < 1.29 is 5.11 Å². The van der Waals surface area contributed by atoms with Crippen molar-refractivity contribution in [1.29, 1.82) is 0 Å². The van der Waals surface area contributed by atoms with Crippen molar-refractivity contribution in [3.63, 3.8) is 0 Å². The number of aromatic hydroxyl groups is 1. The maximum absolute atomic E-state index is 9.82. The molecule has 3 rings (SSSR count). The van der Waals surface area contributed by atoms with Crippen LogP contribution in [-0.2, 0) is 5.41 Å². The predicted octanol–water partition coefficient (Wildman–Crippen LogP) is 4.98. The fraction of sp³-hybridized carbons (Fsp3) is 0.211. The van der Waals surface area contributed by atoms with Crippen LogP contribution in [0.4, 0.5) is 11.5 Å². The molecule has 22 heavy (non-hydrogen) atoms. The Kier molecular flexibility index (Phi) is 3.49. The summed E-state index contributed by atoms with van der Waals surface area (Å²) < 4.78 is 0. The molecule has 112 valence electrons. The van der Waals surface area contributed by atoms with Gasteiger partial charge in [-0.1, -0.05) is 39.0 Å². The second kappa shape index (κ2) is 5.34. The van der Waals surface area contributed by atoms with E-state index < -0.39 is 0 Å². The number of hydrogen-bond acceptors (Lipinski definition) is 3. The smallest absolute Gasteiger partial charge is 0.131 e. The zero-order chi connectivity index (χ0) is 15.7. The Morgan fingerprint density at radius 2 is 1.73 bits per heavy atom. The summed E-state index contributed by atoms with van der Waals surface area (Å²) in [6.45, 7) is 6.59. The number of hydrogen-bond donors (Lipinski definition) is 2. The molecule has 2 N–H and O–H groups in total. The molecular weight excluding hydrogens is 272 g/mol.